The number of anilines is 1. The summed E-state index contributed by atoms with van der Waals surface area (Å²) in [5.41, 5.74) is 0.961. The summed E-state index contributed by atoms with van der Waals surface area (Å²) < 4.78 is 3.28. The van der Waals surface area contributed by atoms with Crippen LogP contribution in [0, 0.1) is 4.77 Å². The Morgan fingerprint density at radius 2 is 2.18 bits per heavy atom. The summed E-state index contributed by atoms with van der Waals surface area (Å²) in [6, 6.07) is 7.86. The molecule has 2 N–H and O–H groups in total. The molecule has 0 spiro atoms. The van der Waals surface area contributed by atoms with Crippen LogP contribution in [0.15, 0.2) is 41.4 Å². The molecule has 88 valence electrons. The molecule has 6 heteroatoms. The van der Waals surface area contributed by atoms with E-state index in [9.17, 15) is 0 Å². The fourth-order valence-corrected chi connectivity index (χ4v) is 1.82. The van der Waals surface area contributed by atoms with Crippen LogP contribution < -0.4 is 5.32 Å². The van der Waals surface area contributed by atoms with Gasteiger partial charge in [-0.1, -0.05) is 22.0 Å². The van der Waals surface area contributed by atoms with Gasteiger partial charge in [0.2, 0.25) is 10.7 Å². The van der Waals surface area contributed by atoms with Crippen molar-refractivity contribution >= 4 is 34.1 Å². The third-order valence-electron chi connectivity index (χ3n) is 2.12. The summed E-state index contributed by atoms with van der Waals surface area (Å²) in [6.45, 7) is 4.29. The Hall–Kier alpha value is -1.40. The van der Waals surface area contributed by atoms with E-state index in [2.05, 4.69) is 37.9 Å². The van der Waals surface area contributed by atoms with Gasteiger partial charge in [0.1, 0.15) is 0 Å². The molecule has 0 aliphatic carbocycles. The van der Waals surface area contributed by atoms with Crippen molar-refractivity contribution in [2.45, 2.75) is 0 Å². The minimum Gasteiger partial charge on any atom is -0.351 e. The zero-order valence-corrected chi connectivity index (χ0v) is 11.4. The Kier molecular flexibility index (Phi) is 3.75. The van der Waals surface area contributed by atoms with E-state index in [1.807, 2.05) is 24.3 Å². The Labute approximate surface area is 112 Å². The van der Waals surface area contributed by atoms with Crippen LogP contribution in [0.5, 0.6) is 0 Å². The molecule has 0 fully saturated rings. The zero-order chi connectivity index (χ0) is 12.3. The average Bonchev–Trinajstić information content (AvgIpc) is 2.69. The number of nitrogens with one attached hydrogen (secondary N) is 2. The van der Waals surface area contributed by atoms with Crippen LogP contribution in [-0.4, -0.2) is 21.3 Å². The topological polar surface area (TPSA) is 45.6 Å². The molecule has 1 heterocycles. The summed E-state index contributed by atoms with van der Waals surface area (Å²) >= 11 is 8.43. The van der Waals surface area contributed by atoms with E-state index in [1.54, 1.807) is 10.8 Å². The Bertz CT molecular complexity index is 570. The maximum atomic E-state index is 5.03. The molecule has 0 amide bonds. The Morgan fingerprint density at radius 1 is 1.47 bits per heavy atom. The lowest BCUT2D eigenvalue weighted by Crippen LogP contribution is -2.06. The standard InChI is InChI=1S/C11H11BrN4S/c1-2-7-13-10-14-11(17)15-16(10)9-5-3-8(12)4-6-9/h2-6H,1,7H2,(H2,13,14,15,17). The SMILES string of the molecule is C=CCNc1nc(=S)[nH]n1-c1ccc(Br)cc1. The summed E-state index contributed by atoms with van der Waals surface area (Å²) in [4.78, 5) is 4.20. The van der Waals surface area contributed by atoms with Crippen molar-refractivity contribution in [3.63, 3.8) is 0 Å². The van der Waals surface area contributed by atoms with Crippen molar-refractivity contribution in [3.8, 4) is 5.69 Å². The minimum absolute atomic E-state index is 0.444. The van der Waals surface area contributed by atoms with E-state index >= 15 is 0 Å². The van der Waals surface area contributed by atoms with E-state index in [4.69, 9.17) is 12.2 Å². The third kappa shape index (κ3) is 2.83. The van der Waals surface area contributed by atoms with E-state index < -0.39 is 0 Å². The number of rotatable bonds is 4. The van der Waals surface area contributed by atoms with Crippen LogP contribution in [0.25, 0.3) is 5.69 Å². The first-order valence-corrected chi connectivity index (χ1v) is 6.20. The summed E-state index contributed by atoms with van der Waals surface area (Å²) in [7, 11) is 0. The highest BCUT2D eigenvalue weighted by molar-refractivity contribution is 9.10. The number of hydrogen-bond acceptors (Lipinski definition) is 3. The first-order chi connectivity index (χ1) is 8.20. The smallest absolute Gasteiger partial charge is 0.225 e. The van der Waals surface area contributed by atoms with Gasteiger partial charge in [0.05, 0.1) is 5.69 Å². The van der Waals surface area contributed by atoms with Crippen molar-refractivity contribution in [1.82, 2.24) is 14.8 Å². The molecule has 0 bridgehead atoms. The van der Waals surface area contributed by atoms with Crippen LogP contribution >= 0.6 is 28.1 Å². The van der Waals surface area contributed by atoms with Gasteiger partial charge in [0, 0.05) is 11.0 Å². The van der Waals surface area contributed by atoms with Gasteiger partial charge in [0.15, 0.2) is 0 Å². The maximum absolute atomic E-state index is 5.03. The molecule has 0 aliphatic rings. The van der Waals surface area contributed by atoms with E-state index in [0.29, 0.717) is 17.3 Å². The number of halogens is 1. The molecule has 0 radical (unpaired) electrons. The summed E-state index contributed by atoms with van der Waals surface area (Å²) in [5.74, 6) is 0.678. The number of H-pyrrole nitrogens is 1. The lowest BCUT2D eigenvalue weighted by atomic mass is 10.3. The molecular weight excluding hydrogens is 300 g/mol. The molecule has 0 saturated carbocycles. The summed E-state index contributed by atoms with van der Waals surface area (Å²) in [5, 5.41) is 6.12. The van der Waals surface area contributed by atoms with E-state index in [-0.39, 0.29) is 0 Å². The van der Waals surface area contributed by atoms with Gasteiger partial charge in [-0.05, 0) is 36.5 Å². The fraction of sp³-hybridized carbons (Fsp3) is 0.0909. The molecule has 0 atom stereocenters. The second kappa shape index (κ2) is 5.29. The lowest BCUT2D eigenvalue weighted by molar-refractivity contribution is 0.875. The molecule has 1 aromatic heterocycles. The van der Waals surface area contributed by atoms with Gasteiger partial charge in [-0.3, -0.25) is 5.10 Å². The zero-order valence-electron chi connectivity index (χ0n) is 8.98. The number of benzene rings is 1. The Morgan fingerprint density at radius 3 is 2.82 bits per heavy atom. The van der Waals surface area contributed by atoms with Crippen molar-refractivity contribution < 1.29 is 0 Å². The third-order valence-corrected chi connectivity index (χ3v) is 2.83. The Balaban J connectivity index is 2.40. The molecule has 4 nitrogen and oxygen atoms in total. The first kappa shape index (κ1) is 12.1. The normalized spacial score (nSPS) is 10.2. The van der Waals surface area contributed by atoms with Gasteiger partial charge in [0.25, 0.3) is 0 Å². The number of aromatic nitrogens is 3. The second-order valence-corrected chi connectivity index (χ2v) is 4.64. The second-order valence-electron chi connectivity index (χ2n) is 3.33. The van der Waals surface area contributed by atoms with E-state index in [1.165, 1.54) is 0 Å². The van der Waals surface area contributed by atoms with Crippen molar-refractivity contribution in [2.75, 3.05) is 11.9 Å². The number of hydrogen-bond donors (Lipinski definition) is 2. The predicted molar refractivity (Wildman–Crippen MR) is 75.1 cm³/mol. The van der Waals surface area contributed by atoms with Gasteiger partial charge in [-0.25, -0.2) is 4.68 Å². The van der Waals surface area contributed by atoms with Gasteiger partial charge >= 0.3 is 0 Å². The largest absolute Gasteiger partial charge is 0.351 e. The lowest BCUT2D eigenvalue weighted by Gasteiger charge is -2.07. The van der Waals surface area contributed by atoms with Crippen molar-refractivity contribution in [2.24, 2.45) is 0 Å². The van der Waals surface area contributed by atoms with Crippen LogP contribution in [-0.2, 0) is 0 Å². The molecule has 0 saturated heterocycles. The highest BCUT2D eigenvalue weighted by atomic mass is 79.9. The van der Waals surface area contributed by atoms with Crippen LogP contribution in [0.3, 0.4) is 0 Å². The molecule has 2 aromatic rings. The number of aromatic amines is 1. The molecular formula is C11H11BrN4S. The van der Waals surface area contributed by atoms with Crippen molar-refractivity contribution in [3.05, 3.63) is 46.2 Å². The molecule has 2 rings (SSSR count). The van der Waals surface area contributed by atoms with Crippen LogP contribution in [0.1, 0.15) is 0 Å². The molecule has 0 aliphatic heterocycles. The quantitative estimate of drug-likeness (QED) is 0.673. The number of nitrogens with zero attached hydrogens (tertiary/aromatic N) is 2. The molecule has 17 heavy (non-hydrogen) atoms. The predicted octanol–water partition coefficient (Wildman–Crippen LogP) is 3.29. The van der Waals surface area contributed by atoms with Gasteiger partial charge < -0.3 is 5.32 Å². The van der Waals surface area contributed by atoms with Crippen molar-refractivity contribution in [1.29, 1.82) is 0 Å². The molecule has 0 unspecified atom stereocenters. The minimum atomic E-state index is 0.444. The van der Waals surface area contributed by atoms with Gasteiger partial charge in [-0.2, -0.15) is 4.98 Å². The fourth-order valence-electron chi connectivity index (χ4n) is 1.38. The highest BCUT2D eigenvalue weighted by Gasteiger charge is 2.05. The maximum Gasteiger partial charge on any atom is 0.225 e. The monoisotopic (exact) mass is 310 g/mol. The molecule has 1 aromatic carbocycles. The first-order valence-electron chi connectivity index (χ1n) is 5.00. The average molecular weight is 311 g/mol. The van der Waals surface area contributed by atoms with E-state index in [0.717, 1.165) is 10.2 Å². The van der Waals surface area contributed by atoms with Gasteiger partial charge in [-0.15, -0.1) is 6.58 Å². The summed E-state index contributed by atoms with van der Waals surface area (Å²) in [6.07, 6.45) is 1.77. The van der Waals surface area contributed by atoms with Crippen LogP contribution in [0.2, 0.25) is 0 Å². The van der Waals surface area contributed by atoms with Crippen LogP contribution in [0.4, 0.5) is 5.95 Å². The highest BCUT2D eigenvalue weighted by Crippen LogP contribution is 2.16.